The van der Waals surface area contributed by atoms with E-state index in [0.717, 1.165) is 0 Å². The van der Waals surface area contributed by atoms with Gasteiger partial charge in [-0.15, -0.1) is 10.2 Å². The van der Waals surface area contributed by atoms with Crippen molar-refractivity contribution in [3.8, 4) is 11.5 Å². The normalized spacial score (nSPS) is 10.5. The van der Waals surface area contributed by atoms with Crippen LogP contribution < -0.4 is 14.8 Å². The fourth-order valence-corrected chi connectivity index (χ4v) is 3.10. The van der Waals surface area contributed by atoms with Gasteiger partial charge in [0.25, 0.3) is 0 Å². The number of nitrogens with zero attached hydrogens (tertiary/aromatic N) is 3. The van der Waals surface area contributed by atoms with Gasteiger partial charge in [0.05, 0.1) is 12.9 Å². The van der Waals surface area contributed by atoms with E-state index in [-0.39, 0.29) is 18.3 Å². The average Bonchev–Trinajstić information content (AvgIpc) is 3.04. The van der Waals surface area contributed by atoms with Crippen LogP contribution >= 0.6 is 11.8 Å². The van der Waals surface area contributed by atoms with Gasteiger partial charge in [-0.2, -0.15) is 0 Å². The Hall–Kier alpha value is -3.07. The van der Waals surface area contributed by atoms with Gasteiger partial charge in [0.1, 0.15) is 12.4 Å². The lowest BCUT2D eigenvalue weighted by Crippen LogP contribution is -2.14. The lowest BCUT2D eigenvalue weighted by atomic mass is 10.3. The molecule has 1 amide bonds. The number of benzene rings is 2. The van der Waals surface area contributed by atoms with Crippen molar-refractivity contribution < 1.29 is 18.7 Å². The van der Waals surface area contributed by atoms with Crippen LogP contribution in [0.2, 0.25) is 0 Å². The molecule has 0 saturated heterocycles. The van der Waals surface area contributed by atoms with Gasteiger partial charge >= 0.3 is 0 Å². The second-order valence-corrected chi connectivity index (χ2v) is 6.69. The fourth-order valence-electron chi connectivity index (χ4n) is 2.37. The molecule has 0 saturated carbocycles. The third kappa shape index (κ3) is 5.01. The molecule has 1 N–H and O–H groups in total. The number of methoxy groups -OCH3 is 1. The van der Waals surface area contributed by atoms with E-state index in [9.17, 15) is 9.18 Å². The van der Waals surface area contributed by atoms with E-state index in [0.29, 0.717) is 28.2 Å². The summed E-state index contributed by atoms with van der Waals surface area (Å²) in [4.78, 5) is 12.0. The molecule has 7 nitrogen and oxygen atoms in total. The van der Waals surface area contributed by atoms with E-state index in [1.165, 1.54) is 30.0 Å². The first-order chi connectivity index (χ1) is 13.6. The van der Waals surface area contributed by atoms with Crippen molar-refractivity contribution in [3.63, 3.8) is 0 Å². The van der Waals surface area contributed by atoms with Crippen LogP contribution in [-0.2, 0) is 18.4 Å². The number of hydrogen-bond donors (Lipinski definition) is 1. The van der Waals surface area contributed by atoms with E-state index in [1.807, 2.05) is 24.3 Å². The fraction of sp³-hybridized carbons (Fsp3) is 0.211. The summed E-state index contributed by atoms with van der Waals surface area (Å²) in [5, 5.41) is 11.4. The number of hydrogen-bond acceptors (Lipinski definition) is 6. The van der Waals surface area contributed by atoms with Crippen molar-refractivity contribution in [2.45, 2.75) is 11.8 Å². The van der Waals surface area contributed by atoms with Crippen molar-refractivity contribution in [1.82, 2.24) is 14.8 Å². The van der Waals surface area contributed by atoms with Crippen LogP contribution in [0.25, 0.3) is 0 Å². The second kappa shape index (κ2) is 9.23. The summed E-state index contributed by atoms with van der Waals surface area (Å²) in [5.41, 5.74) is 0.412. The number of halogens is 1. The lowest BCUT2D eigenvalue weighted by molar-refractivity contribution is -0.113. The van der Waals surface area contributed by atoms with Gasteiger partial charge in [0.15, 0.2) is 22.5 Å². The summed E-state index contributed by atoms with van der Waals surface area (Å²) in [5.74, 6) is 1.31. The summed E-state index contributed by atoms with van der Waals surface area (Å²) >= 11 is 1.23. The Labute approximate surface area is 165 Å². The molecule has 0 aliphatic carbocycles. The van der Waals surface area contributed by atoms with E-state index in [2.05, 4.69) is 15.5 Å². The van der Waals surface area contributed by atoms with Crippen molar-refractivity contribution in [2.24, 2.45) is 7.05 Å². The number of anilines is 1. The Morgan fingerprint density at radius 3 is 2.71 bits per heavy atom. The minimum Gasteiger partial charge on any atom is -0.493 e. The highest BCUT2D eigenvalue weighted by Crippen LogP contribution is 2.26. The Morgan fingerprint density at radius 2 is 1.96 bits per heavy atom. The van der Waals surface area contributed by atoms with Gasteiger partial charge < -0.3 is 19.4 Å². The molecule has 2 aromatic carbocycles. The number of aromatic nitrogens is 3. The van der Waals surface area contributed by atoms with Crippen LogP contribution in [-0.4, -0.2) is 33.5 Å². The lowest BCUT2D eigenvalue weighted by Gasteiger charge is -2.10. The molecule has 0 aliphatic heterocycles. The molecule has 0 fully saturated rings. The first kappa shape index (κ1) is 19.7. The van der Waals surface area contributed by atoms with Gasteiger partial charge in [-0.1, -0.05) is 30.0 Å². The molecule has 3 rings (SSSR count). The van der Waals surface area contributed by atoms with Crippen molar-refractivity contribution in [1.29, 1.82) is 0 Å². The van der Waals surface area contributed by atoms with Crippen LogP contribution in [0.4, 0.5) is 10.1 Å². The van der Waals surface area contributed by atoms with Crippen LogP contribution in [0.1, 0.15) is 5.82 Å². The standard InChI is InChI=1S/C19H19FN4O3S/c1-24-17(11-27-16-9-4-3-8-15(16)26-2)22-23-19(24)28-12-18(25)21-14-7-5-6-13(20)10-14/h3-10H,11-12H2,1-2H3,(H,21,25). The highest BCUT2D eigenvalue weighted by Gasteiger charge is 2.13. The first-order valence-corrected chi connectivity index (χ1v) is 9.37. The number of ether oxygens (including phenoxy) is 2. The Balaban J connectivity index is 1.55. The van der Waals surface area contributed by atoms with Gasteiger partial charge in [-0.3, -0.25) is 4.79 Å². The maximum atomic E-state index is 13.2. The largest absolute Gasteiger partial charge is 0.493 e. The number of nitrogens with one attached hydrogen (secondary N) is 1. The molecular formula is C19H19FN4O3S. The molecule has 28 heavy (non-hydrogen) atoms. The Kier molecular flexibility index (Phi) is 6.49. The molecule has 0 radical (unpaired) electrons. The zero-order valence-corrected chi connectivity index (χ0v) is 16.2. The van der Waals surface area contributed by atoms with E-state index < -0.39 is 5.82 Å². The molecule has 3 aromatic rings. The average molecular weight is 402 g/mol. The molecule has 0 atom stereocenters. The molecule has 0 unspecified atom stereocenters. The van der Waals surface area contributed by atoms with Crippen LogP contribution in [0.3, 0.4) is 0 Å². The number of para-hydroxylation sites is 2. The van der Waals surface area contributed by atoms with E-state index in [1.54, 1.807) is 24.8 Å². The third-order valence-electron chi connectivity index (χ3n) is 3.79. The highest BCUT2D eigenvalue weighted by atomic mass is 32.2. The van der Waals surface area contributed by atoms with Crippen LogP contribution in [0.15, 0.2) is 53.7 Å². The van der Waals surface area contributed by atoms with Crippen molar-refractivity contribution in [2.75, 3.05) is 18.2 Å². The molecule has 0 bridgehead atoms. The van der Waals surface area contributed by atoms with Gasteiger partial charge in [0.2, 0.25) is 5.91 Å². The minimum atomic E-state index is -0.404. The second-order valence-electron chi connectivity index (χ2n) is 5.74. The summed E-state index contributed by atoms with van der Waals surface area (Å²) in [6, 6.07) is 13.1. The van der Waals surface area contributed by atoms with Crippen molar-refractivity contribution >= 4 is 23.4 Å². The number of amides is 1. The molecule has 0 spiro atoms. The molecule has 9 heteroatoms. The van der Waals surface area contributed by atoms with E-state index in [4.69, 9.17) is 9.47 Å². The molecular weight excluding hydrogens is 383 g/mol. The Morgan fingerprint density at radius 1 is 1.18 bits per heavy atom. The zero-order chi connectivity index (χ0) is 19.9. The summed E-state index contributed by atoms with van der Waals surface area (Å²) in [7, 11) is 3.38. The SMILES string of the molecule is COc1ccccc1OCc1nnc(SCC(=O)Nc2cccc(F)c2)n1C. The van der Waals surface area contributed by atoms with Crippen LogP contribution in [0, 0.1) is 5.82 Å². The van der Waals surface area contributed by atoms with Crippen LogP contribution in [0.5, 0.6) is 11.5 Å². The quantitative estimate of drug-likeness (QED) is 0.583. The number of carbonyl (C=O) groups excluding carboxylic acids is 1. The summed E-state index contributed by atoms with van der Waals surface area (Å²) < 4.78 is 25.9. The molecule has 1 heterocycles. The summed E-state index contributed by atoms with van der Waals surface area (Å²) in [6.45, 7) is 0.208. The minimum absolute atomic E-state index is 0.121. The highest BCUT2D eigenvalue weighted by molar-refractivity contribution is 7.99. The number of rotatable bonds is 8. The molecule has 0 aliphatic rings. The third-order valence-corrected chi connectivity index (χ3v) is 4.81. The van der Waals surface area contributed by atoms with Gasteiger partial charge in [-0.25, -0.2) is 4.39 Å². The van der Waals surface area contributed by atoms with Gasteiger partial charge in [-0.05, 0) is 30.3 Å². The first-order valence-electron chi connectivity index (χ1n) is 8.39. The van der Waals surface area contributed by atoms with Crippen molar-refractivity contribution in [3.05, 3.63) is 60.2 Å². The predicted octanol–water partition coefficient (Wildman–Crippen LogP) is 3.27. The Bertz CT molecular complexity index is 964. The molecule has 1 aromatic heterocycles. The summed E-state index contributed by atoms with van der Waals surface area (Å²) in [6.07, 6.45) is 0. The maximum absolute atomic E-state index is 13.2. The number of carbonyl (C=O) groups is 1. The topological polar surface area (TPSA) is 78.3 Å². The molecule has 146 valence electrons. The maximum Gasteiger partial charge on any atom is 0.234 e. The zero-order valence-electron chi connectivity index (χ0n) is 15.4. The van der Waals surface area contributed by atoms with Gasteiger partial charge in [0, 0.05) is 12.7 Å². The predicted molar refractivity (Wildman–Crippen MR) is 104 cm³/mol. The number of thioether (sulfide) groups is 1. The monoisotopic (exact) mass is 402 g/mol. The smallest absolute Gasteiger partial charge is 0.234 e. The van der Waals surface area contributed by atoms with E-state index >= 15 is 0 Å².